The fraction of sp³-hybridized carbons (Fsp3) is 0.238. The molecule has 0 aromatic heterocycles. The number of rotatable bonds is 6. The third kappa shape index (κ3) is 5.60. The van der Waals surface area contributed by atoms with Crippen LogP contribution in [-0.4, -0.2) is 29.7 Å². The van der Waals surface area contributed by atoms with E-state index < -0.39 is 0 Å². The summed E-state index contributed by atoms with van der Waals surface area (Å²) < 4.78 is 0. The van der Waals surface area contributed by atoms with E-state index in [2.05, 4.69) is 10.3 Å². The number of carbonyl (C=O) groups is 1. The normalized spacial score (nSPS) is 12.0. The van der Waals surface area contributed by atoms with Gasteiger partial charge < -0.3 is 10.2 Å². The Morgan fingerprint density at radius 3 is 2.12 bits per heavy atom. The molecule has 2 amide bonds. The summed E-state index contributed by atoms with van der Waals surface area (Å²) in [4.78, 5) is 18.8. The first-order valence-corrected chi connectivity index (χ1v) is 8.57. The van der Waals surface area contributed by atoms with Gasteiger partial charge >= 0.3 is 6.03 Å². The third-order valence-electron chi connectivity index (χ3n) is 3.79. The summed E-state index contributed by atoms with van der Waals surface area (Å²) in [6.07, 6.45) is 1.91. The van der Waals surface area contributed by atoms with Crippen molar-refractivity contribution in [3.05, 3.63) is 72.3 Å². The Morgan fingerprint density at radius 1 is 1.00 bits per heavy atom. The van der Waals surface area contributed by atoms with Gasteiger partial charge in [-0.05, 0) is 44.5 Å². The highest BCUT2D eigenvalue weighted by Crippen LogP contribution is 2.15. The molecule has 0 radical (unpaired) electrons. The molecule has 0 atom stereocenters. The van der Waals surface area contributed by atoms with Crippen LogP contribution in [0.4, 0.5) is 10.5 Å². The second kappa shape index (κ2) is 9.42. The van der Waals surface area contributed by atoms with Gasteiger partial charge in [0, 0.05) is 18.8 Å². The molecule has 0 aliphatic rings. The highest BCUT2D eigenvalue weighted by atomic mass is 16.2. The molecule has 4 nitrogen and oxygen atoms in total. The number of aliphatic imine (C=N–C) groups is 1. The van der Waals surface area contributed by atoms with Crippen molar-refractivity contribution in [3.8, 4) is 0 Å². The molecule has 0 heterocycles. The van der Waals surface area contributed by atoms with Gasteiger partial charge in [0.25, 0.3) is 0 Å². The molecule has 0 bridgehead atoms. The van der Waals surface area contributed by atoms with Gasteiger partial charge in [-0.3, -0.25) is 4.99 Å². The minimum atomic E-state index is -0.104. The second-order valence-electron chi connectivity index (χ2n) is 5.62. The van der Waals surface area contributed by atoms with E-state index in [4.69, 9.17) is 0 Å². The summed E-state index contributed by atoms with van der Waals surface area (Å²) in [6.45, 7) is 7.21. The summed E-state index contributed by atoms with van der Waals surface area (Å²) in [7, 11) is 0. The maximum Gasteiger partial charge on any atom is 0.321 e. The molecule has 0 fully saturated rings. The number of hydrogen-bond acceptors (Lipinski definition) is 2. The van der Waals surface area contributed by atoms with Crippen molar-refractivity contribution in [1.29, 1.82) is 0 Å². The Bertz CT molecular complexity index is 732. The highest BCUT2D eigenvalue weighted by Gasteiger charge is 2.12. The average molecular weight is 335 g/mol. The summed E-state index contributed by atoms with van der Waals surface area (Å²) >= 11 is 0. The van der Waals surface area contributed by atoms with Crippen molar-refractivity contribution in [3.63, 3.8) is 0 Å². The first-order chi connectivity index (χ1) is 12.1. The smallest absolute Gasteiger partial charge is 0.321 e. The van der Waals surface area contributed by atoms with Crippen LogP contribution in [0.15, 0.2) is 71.7 Å². The summed E-state index contributed by atoms with van der Waals surface area (Å²) in [6, 6.07) is 19.5. The molecule has 2 aromatic carbocycles. The zero-order chi connectivity index (χ0) is 18.1. The molecule has 1 N–H and O–H groups in total. The number of amides is 2. The van der Waals surface area contributed by atoms with Crippen molar-refractivity contribution in [1.82, 2.24) is 10.2 Å². The van der Waals surface area contributed by atoms with Crippen molar-refractivity contribution < 1.29 is 4.79 Å². The van der Waals surface area contributed by atoms with E-state index in [0.717, 1.165) is 22.7 Å². The number of nitrogens with one attached hydrogen (secondary N) is 1. The topological polar surface area (TPSA) is 44.7 Å². The van der Waals surface area contributed by atoms with Gasteiger partial charge in [0.15, 0.2) is 0 Å². The molecule has 2 aromatic rings. The van der Waals surface area contributed by atoms with Gasteiger partial charge in [-0.15, -0.1) is 0 Å². The van der Waals surface area contributed by atoms with Crippen LogP contribution in [0, 0.1) is 0 Å². The highest BCUT2D eigenvalue weighted by molar-refractivity contribution is 6.02. The molecule has 0 saturated heterocycles. The number of nitrogens with zero attached hydrogens (tertiary/aromatic N) is 2. The van der Waals surface area contributed by atoms with Crippen molar-refractivity contribution in [2.45, 2.75) is 20.8 Å². The molecule has 0 spiro atoms. The predicted octanol–water partition coefficient (Wildman–Crippen LogP) is 4.87. The van der Waals surface area contributed by atoms with E-state index in [-0.39, 0.29) is 6.03 Å². The summed E-state index contributed by atoms with van der Waals surface area (Å²) in [5.74, 6) is 0. The van der Waals surface area contributed by atoms with Crippen LogP contribution in [-0.2, 0) is 0 Å². The monoisotopic (exact) mass is 335 g/mol. The number of benzene rings is 2. The maximum absolute atomic E-state index is 12.5. The first-order valence-electron chi connectivity index (χ1n) is 8.57. The second-order valence-corrected chi connectivity index (χ2v) is 5.62. The lowest BCUT2D eigenvalue weighted by Crippen LogP contribution is -2.38. The minimum absolute atomic E-state index is 0.104. The molecule has 0 unspecified atom stereocenters. The molecular weight excluding hydrogens is 310 g/mol. The van der Waals surface area contributed by atoms with Crippen molar-refractivity contribution >= 4 is 23.1 Å². The van der Waals surface area contributed by atoms with Crippen molar-refractivity contribution in [2.75, 3.05) is 13.1 Å². The van der Waals surface area contributed by atoms with E-state index >= 15 is 0 Å². The van der Waals surface area contributed by atoms with Crippen LogP contribution >= 0.6 is 0 Å². The lowest BCUT2D eigenvalue weighted by Gasteiger charge is -2.20. The number of carbonyl (C=O) groups excluding carboxylic acids is 1. The molecule has 2 rings (SSSR count). The van der Waals surface area contributed by atoms with Gasteiger partial charge in [0.2, 0.25) is 0 Å². The zero-order valence-electron chi connectivity index (χ0n) is 15.1. The van der Waals surface area contributed by atoms with Gasteiger partial charge in [0.1, 0.15) is 0 Å². The van der Waals surface area contributed by atoms with Crippen LogP contribution in [0.25, 0.3) is 5.70 Å². The quantitative estimate of drug-likeness (QED) is 0.752. The van der Waals surface area contributed by atoms with Gasteiger partial charge in [0.05, 0.1) is 11.4 Å². The Hall–Kier alpha value is -2.88. The predicted molar refractivity (Wildman–Crippen MR) is 105 cm³/mol. The van der Waals surface area contributed by atoms with Crippen LogP contribution in [0.1, 0.15) is 26.3 Å². The fourth-order valence-corrected chi connectivity index (χ4v) is 2.46. The number of urea groups is 1. The van der Waals surface area contributed by atoms with E-state index in [1.165, 1.54) is 0 Å². The van der Waals surface area contributed by atoms with Gasteiger partial charge in [-0.1, -0.05) is 48.5 Å². The van der Waals surface area contributed by atoms with Crippen LogP contribution in [0.2, 0.25) is 0 Å². The van der Waals surface area contributed by atoms with Crippen molar-refractivity contribution in [2.24, 2.45) is 4.99 Å². The SMILES string of the molecule is CCN(CC)C(=O)NC(=CC(C)=Nc1ccccc1)c1ccccc1. The number of allylic oxidation sites excluding steroid dienone is 1. The summed E-state index contributed by atoms with van der Waals surface area (Å²) in [5.41, 5.74) is 3.41. The van der Waals surface area contributed by atoms with Crippen LogP contribution in [0.5, 0.6) is 0 Å². The average Bonchev–Trinajstić information content (AvgIpc) is 2.63. The lowest BCUT2D eigenvalue weighted by atomic mass is 10.1. The molecule has 25 heavy (non-hydrogen) atoms. The van der Waals surface area contributed by atoms with E-state index in [0.29, 0.717) is 13.1 Å². The fourth-order valence-electron chi connectivity index (χ4n) is 2.46. The van der Waals surface area contributed by atoms with E-state index in [1.54, 1.807) is 4.90 Å². The van der Waals surface area contributed by atoms with E-state index in [1.807, 2.05) is 87.5 Å². The number of para-hydroxylation sites is 1. The van der Waals surface area contributed by atoms with Gasteiger partial charge in [-0.25, -0.2) is 4.79 Å². The Morgan fingerprint density at radius 2 is 1.56 bits per heavy atom. The molecule has 4 heteroatoms. The molecule has 0 aliphatic heterocycles. The molecule has 0 saturated carbocycles. The Balaban J connectivity index is 2.31. The molecule has 0 aliphatic carbocycles. The third-order valence-corrected chi connectivity index (χ3v) is 3.79. The molecule has 130 valence electrons. The largest absolute Gasteiger partial charge is 0.325 e. The van der Waals surface area contributed by atoms with Crippen LogP contribution in [0.3, 0.4) is 0 Å². The summed E-state index contributed by atoms with van der Waals surface area (Å²) in [5, 5.41) is 3.02. The number of hydrogen-bond donors (Lipinski definition) is 1. The molecular formula is C21H25N3O. The van der Waals surface area contributed by atoms with E-state index in [9.17, 15) is 4.79 Å². The zero-order valence-corrected chi connectivity index (χ0v) is 15.1. The Labute approximate surface area is 149 Å². The standard InChI is InChI=1S/C21H25N3O/c1-4-24(5-2)21(25)23-20(18-12-8-6-9-13-18)16-17(3)22-19-14-10-7-11-15-19/h6-16H,4-5H2,1-3H3,(H,23,25). The first kappa shape index (κ1) is 18.5. The van der Waals surface area contributed by atoms with Crippen LogP contribution < -0.4 is 5.32 Å². The lowest BCUT2D eigenvalue weighted by molar-refractivity contribution is 0.208. The van der Waals surface area contributed by atoms with Gasteiger partial charge in [-0.2, -0.15) is 0 Å². The Kier molecular flexibility index (Phi) is 6.96. The minimum Gasteiger partial charge on any atom is -0.325 e. The maximum atomic E-state index is 12.5.